The molecule has 0 fully saturated rings. The van der Waals surface area contributed by atoms with Crippen LogP contribution in [0.2, 0.25) is 0 Å². The molecular formula is C27H28N2O3. The van der Waals surface area contributed by atoms with Crippen molar-refractivity contribution in [3.05, 3.63) is 108 Å². The minimum Gasteiger partial charge on any atom is -0.344 e. The summed E-state index contributed by atoms with van der Waals surface area (Å²) >= 11 is 0. The topological polar surface area (TPSA) is 75.3 Å². The predicted molar refractivity (Wildman–Crippen MR) is 125 cm³/mol. The van der Waals surface area contributed by atoms with E-state index in [1.165, 1.54) is 0 Å². The van der Waals surface area contributed by atoms with Crippen molar-refractivity contribution in [3.8, 4) is 0 Å². The first kappa shape index (κ1) is 22.9. The highest BCUT2D eigenvalue weighted by atomic mass is 16.2. The van der Waals surface area contributed by atoms with Crippen molar-refractivity contribution in [2.45, 2.75) is 37.8 Å². The zero-order chi connectivity index (χ0) is 22.6. The molecule has 5 heteroatoms. The van der Waals surface area contributed by atoms with Gasteiger partial charge in [-0.05, 0) is 29.5 Å². The molecule has 0 bridgehead atoms. The average molecular weight is 429 g/mol. The number of benzene rings is 3. The predicted octanol–water partition coefficient (Wildman–Crippen LogP) is 3.27. The summed E-state index contributed by atoms with van der Waals surface area (Å²) in [6.45, 7) is 0. The van der Waals surface area contributed by atoms with Gasteiger partial charge in [-0.15, -0.1) is 0 Å². The Balaban J connectivity index is 1.64. The minimum atomic E-state index is -0.765. The van der Waals surface area contributed by atoms with Gasteiger partial charge in [0.05, 0.1) is 6.04 Å². The van der Waals surface area contributed by atoms with Crippen molar-refractivity contribution in [2.24, 2.45) is 0 Å². The molecule has 2 N–H and O–H groups in total. The van der Waals surface area contributed by atoms with Crippen molar-refractivity contribution >= 4 is 18.1 Å². The molecule has 0 saturated heterocycles. The molecule has 0 aliphatic rings. The van der Waals surface area contributed by atoms with Crippen molar-refractivity contribution in [1.29, 1.82) is 0 Å². The molecule has 0 aromatic heterocycles. The van der Waals surface area contributed by atoms with Gasteiger partial charge in [0, 0.05) is 12.8 Å². The van der Waals surface area contributed by atoms with E-state index < -0.39 is 12.1 Å². The highest BCUT2D eigenvalue weighted by Crippen LogP contribution is 2.07. The Morgan fingerprint density at radius 1 is 0.688 bits per heavy atom. The molecule has 3 aromatic rings. The fourth-order valence-electron chi connectivity index (χ4n) is 3.51. The third-order valence-electron chi connectivity index (χ3n) is 5.21. The van der Waals surface area contributed by atoms with Gasteiger partial charge in [-0.2, -0.15) is 0 Å². The Morgan fingerprint density at radius 2 is 1.19 bits per heavy atom. The van der Waals surface area contributed by atoms with Crippen LogP contribution >= 0.6 is 0 Å². The molecule has 0 heterocycles. The van der Waals surface area contributed by atoms with Crippen LogP contribution < -0.4 is 10.6 Å². The lowest BCUT2D eigenvalue weighted by molar-refractivity contribution is -0.130. The van der Waals surface area contributed by atoms with E-state index in [9.17, 15) is 14.4 Å². The lowest BCUT2D eigenvalue weighted by atomic mass is 10.0. The molecule has 2 atom stereocenters. The van der Waals surface area contributed by atoms with Crippen LogP contribution in [0.1, 0.15) is 23.1 Å². The molecule has 0 unspecified atom stereocenters. The van der Waals surface area contributed by atoms with Gasteiger partial charge in [-0.3, -0.25) is 9.59 Å². The largest absolute Gasteiger partial charge is 0.344 e. The first-order valence-electron chi connectivity index (χ1n) is 10.8. The Morgan fingerprint density at radius 3 is 1.72 bits per heavy atom. The summed E-state index contributed by atoms with van der Waals surface area (Å²) in [4.78, 5) is 37.2. The van der Waals surface area contributed by atoms with Crippen LogP contribution in [0, 0.1) is 0 Å². The highest BCUT2D eigenvalue weighted by molar-refractivity contribution is 5.89. The molecule has 3 aromatic carbocycles. The second-order valence-corrected chi connectivity index (χ2v) is 7.74. The second kappa shape index (κ2) is 12.2. The smallest absolute Gasteiger partial charge is 0.243 e. The van der Waals surface area contributed by atoms with E-state index in [-0.39, 0.29) is 18.2 Å². The van der Waals surface area contributed by atoms with Gasteiger partial charge in [0.1, 0.15) is 12.3 Å². The summed E-state index contributed by atoms with van der Waals surface area (Å²) in [5.74, 6) is -0.564. The summed E-state index contributed by atoms with van der Waals surface area (Å²) in [6, 6.07) is 27.4. The number of carbonyl (C=O) groups is 3. The first-order chi connectivity index (χ1) is 15.6. The van der Waals surface area contributed by atoms with E-state index in [0.29, 0.717) is 19.3 Å². The zero-order valence-electron chi connectivity index (χ0n) is 17.9. The average Bonchev–Trinajstić information content (AvgIpc) is 2.84. The highest BCUT2D eigenvalue weighted by Gasteiger charge is 2.23. The molecule has 5 nitrogen and oxygen atoms in total. The Hall–Kier alpha value is -3.73. The van der Waals surface area contributed by atoms with Crippen molar-refractivity contribution < 1.29 is 14.4 Å². The Labute approximate surface area is 188 Å². The number of aryl methyl sites for hydroxylation is 1. The van der Waals surface area contributed by atoms with Crippen LogP contribution in [0.25, 0.3) is 0 Å². The second-order valence-electron chi connectivity index (χ2n) is 7.74. The Bertz CT molecular complexity index is 991. The van der Waals surface area contributed by atoms with Gasteiger partial charge in [-0.25, -0.2) is 0 Å². The van der Waals surface area contributed by atoms with Crippen LogP contribution in [-0.2, 0) is 33.6 Å². The van der Waals surface area contributed by atoms with Gasteiger partial charge < -0.3 is 15.4 Å². The molecule has 2 amide bonds. The Kier molecular flexibility index (Phi) is 8.75. The van der Waals surface area contributed by atoms with Gasteiger partial charge in [0.2, 0.25) is 11.8 Å². The summed E-state index contributed by atoms with van der Waals surface area (Å²) in [6.07, 6.45) is 2.36. The zero-order valence-corrected chi connectivity index (χ0v) is 17.9. The fourth-order valence-corrected chi connectivity index (χ4v) is 3.51. The number of hydrogen-bond acceptors (Lipinski definition) is 3. The van der Waals surface area contributed by atoms with Gasteiger partial charge >= 0.3 is 0 Å². The lowest BCUT2D eigenvalue weighted by Crippen LogP contribution is -2.51. The number of hydrogen-bond donors (Lipinski definition) is 2. The monoisotopic (exact) mass is 428 g/mol. The standard InChI is InChI=1S/C27H28N2O3/c30-20-24(18-22-12-6-2-7-13-22)28-27(32)25(19-23-14-8-3-9-15-23)29-26(31)17-16-21-10-4-1-5-11-21/h1-15,20,24-25H,16-19H2,(H,28,32)(H,29,31)/t24-,25-/m0/s1. The van der Waals surface area contributed by atoms with Crippen LogP contribution in [0.15, 0.2) is 91.0 Å². The van der Waals surface area contributed by atoms with E-state index in [0.717, 1.165) is 23.0 Å². The van der Waals surface area contributed by atoms with Crippen molar-refractivity contribution in [1.82, 2.24) is 10.6 Å². The summed E-state index contributed by atoms with van der Waals surface area (Å²) < 4.78 is 0. The minimum absolute atomic E-state index is 0.198. The van der Waals surface area contributed by atoms with E-state index in [4.69, 9.17) is 0 Å². The molecule has 164 valence electrons. The maximum Gasteiger partial charge on any atom is 0.243 e. The molecule has 0 radical (unpaired) electrons. The lowest BCUT2D eigenvalue weighted by Gasteiger charge is -2.21. The van der Waals surface area contributed by atoms with E-state index in [2.05, 4.69) is 10.6 Å². The molecule has 0 aliphatic heterocycles. The molecule has 32 heavy (non-hydrogen) atoms. The van der Waals surface area contributed by atoms with Crippen LogP contribution in [-0.4, -0.2) is 30.2 Å². The summed E-state index contributed by atoms with van der Waals surface area (Å²) in [5, 5.41) is 5.65. The first-order valence-corrected chi connectivity index (χ1v) is 10.8. The molecule has 0 saturated carbocycles. The summed E-state index contributed by atoms with van der Waals surface area (Å²) in [5.41, 5.74) is 2.95. The van der Waals surface area contributed by atoms with Gasteiger partial charge in [0.15, 0.2) is 0 Å². The molecule has 0 aliphatic carbocycles. The van der Waals surface area contributed by atoms with E-state index in [1.807, 2.05) is 91.0 Å². The molecule has 3 rings (SSSR count). The van der Waals surface area contributed by atoms with Crippen LogP contribution in [0.4, 0.5) is 0 Å². The maximum atomic E-state index is 13.0. The molecule has 0 spiro atoms. The van der Waals surface area contributed by atoms with E-state index >= 15 is 0 Å². The van der Waals surface area contributed by atoms with Crippen LogP contribution in [0.5, 0.6) is 0 Å². The number of aldehydes is 1. The maximum absolute atomic E-state index is 13.0. The van der Waals surface area contributed by atoms with Gasteiger partial charge in [0.25, 0.3) is 0 Å². The van der Waals surface area contributed by atoms with Crippen LogP contribution in [0.3, 0.4) is 0 Å². The summed E-state index contributed by atoms with van der Waals surface area (Å²) in [7, 11) is 0. The number of amides is 2. The quantitative estimate of drug-likeness (QED) is 0.460. The van der Waals surface area contributed by atoms with E-state index in [1.54, 1.807) is 0 Å². The normalized spacial score (nSPS) is 12.4. The number of nitrogens with one attached hydrogen (secondary N) is 2. The fraction of sp³-hybridized carbons (Fsp3) is 0.222. The van der Waals surface area contributed by atoms with Crippen molar-refractivity contribution in [3.63, 3.8) is 0 Å². The number of carbonyl (C=O) groups excluding carboxylic acids is 3. The molecular weight excluding hydrogens is 400 g/mol. The third kappa shape index (κ3) is 7.51. The number of rotatable bonds is 11. The third-order valence-corrected chi connectivity index (χ3v) is 5.21. The van der Waals surface area contributed by atoms with Crippen molar-refractivity contribution in [2.75, 3.05) is 0 Å². The SMILES string of the molecule is O=C[C@H](Cc1ccccc1)NC(=O)[C@H](Cc1ccccc1)NC(=O)CCc1ccccc1. The van der Waals surface area contributed by atoms with Gasteiger partial charge in [-0.1, -0.05) is 91.0 Å².